The molecule has 1 aromatic heterocycles. The monoisotopic (exact) mass is 485 g/mol. The van der Waals surface area contributed by atoms with Gasteiger partial charge in [0, 0.05) is 18.8 Å². The zero-order chi connectivity index (χ0) is 24.0. The Morgan fingerprint density at radius 1 is 1.12 bits per heavy atom. The van der Waals surface area contributed by atoms with Gasteiger partial charge in [0.1, 0.15) is 0 Å². The van der Waals surface area contributed by atoms with E-state index in [4.69, 9.17) is 0 Å². The second-order valence-electron chi connectivity index (χ2n) is 9.80. The first-order valence-corrected chi connectivity index (χ1v) is 13.6. The Bertz CT molecular complexity index is 1200. The molecule has 0 spiro atoms. The fourth-order valence-corrected chi connectivity index (χ4v) is 7.05. The molecule has 10 heteroatoms. The van der Waals surface area contributed by atoms with Gasteiger partial charge in [-0.2, -0.15) is 13.5 Å². The molecule has 3 aliphatic rings. The van der Waals surface area contributed by atoms with E-state index in [0.717, 1.165) is 74.1 Å². The zero-order valence-electron chi connectivity index (χ0n) is 20.2. The van der Waals surface area contributed by atoms with Gasteiger partial charge < -0.3 is 15.3 Å². The Hall–Kier alpha value is -2.59. The van der Waals surface area contributed by atoms with Crippen LogP contribution < -0.4 is 14.7 Å². The van der Waals surface area contributed by atoms with Crippen LogP contribution in [0.3, 0.4) is 0 Å². The molecule has 1 fully saturated rings. The van der Waals surface area contributed by atoms with E-state index in [1.165, 1.54) is 15.4 Å². The number of benzene rings is 1. The predicted octanol–water partition coefficient (Wildman–Crippen LogP) is 1.68. The minimum Gasteiger partial charge on any atom is -0.845 e. The van der Waals surface area contributed by atoms with Crippen LogP contribution in [0.15, 0.2) is 16.7 Å². The molecule has 0 atom stereocenters. The molecule has 0 saturated carbocycles. The Morgan fingerprint density at radius 3 is 2.29 bits per heavy atom. The van der Waals surface area contributed by atoms with Crippen LogP contribution in [-0.4, -0.2) is 55.3 Å². The molecule has 0 unspecified atom stereocenters. The molecular formula is C24H33N6O3S-. The average molecular weight is 486 g/mol. The third-order valence-electron chi connectivity index (χ3n) is 7.62. The molecule has 5 rings (SSSR count). The molecule has 1 aromatic carbocycles. The van der Waals surface area contributed by atoms with Gasteiger partial charge in [0.05, 0.1) is 23.6 Å². The molecule has 9 nitrogen and oxygen atoms in total. The molecule has 184 valence electrons. The lowest BCUT2D eigenvalue weighted by Gasteiger charge is -2.36. The standard InChI is InChI=1S/C24H34N6O3S/c1-16-22(15-25-29(16)3)30(19-10-12-28(2)13-11-19)34(32,33)27-24(31)26-23-20-8-4-6-17(20)14-18-7-5-9-21(18)23/h14-15,19H,4-13H2,1-3H3,(H2,26,27,31)/p-1. The van der Waals surface area contributed by atoms with Gasteiger partial charge in [-0.1, -0.05) is 6.07 Å². The highest BCUT2D eigenvalue weighted by Gasteiger charge is 2.34. The third kappa shape index (κ3) is 4.17. The van der Waals surface area contributed by atoms with E-state index in [-0.39, 0.29) is 6.04 Å². The van der Waals surface area contributed by atoms with E-state index in [2.05, 4.69) is 25.8 Å². The summed E-state index contributed by atoms with van der Waals surface area (Å²) >= 11 is 0. The van der Waals surface area contributed by atoms with Crippen molar-refractivity contribution < 1.29 is 13.5 Å². The molecule has 1 saturated heterocycles. The lowest BCUT2D eigenvalue weighted by Crippen LogP contribution is -2.47. The van der Waals surface area contributed by atoms with Gasteiger partial charge in [0.25, 0.3) is 0 Å². The number of rotatable bonds is 5. The second kappa shape index (κ2) is 8.88. The van der Waals surface area contributed by atoms with E-state index < -0.39 is 16.2 Å². The van der Waals surface area contributed by atoms with Gasteiger partial charge in [-0.25, -0.2) is 4.31 Å². The summed E-state index contributed by atoms with van der Waals surface area (Å²) in [4.78, 5) is 2.18. The lowest BCUT2D eigenvalue weighted by molar-refractivity contribution is -0.213. The number of hydrogen-bond donors (Lipinski definition) is 1. The number of hydrogen-bond acceptors (Lipinski definition) is 5. The SMILES string of the molecule is Cc1c(N(C2CCN(C)CC2)S(=O)(=O)/N=C(\[O-])Nc2c3c(cc4c2CCC4)CCC3)cnn1C. The molecule has 1 aliphatic heterocycles. The minimum absolute atomic E-state index is 0.272. The molecule has 2 heterocycles. The maximum absolute atomic E-state index is 13.6. The van der Waals surface area contributed by atoms with Gasteiger partial charge in [-0.3, -0.25) is 4.68 Å². The molecule has 34 heavy (non-hydrogen) atoms. The predicted molar refractivity (Wildman–Crippen MR) is 131 cm³/mol. The largest absolute Gasteiger partial charge is 0.845 e. The van der Waals surface area contributed by atoms with Crippen LogP contribution in [0.4, 0.5) is 11.4 Å². The number of nitrogens with one attached hydrogen (secondary N) is 1. The summed E-state index contributed by atoms with van der Waals surface area (Å²) in [5, 5.41) is 20.2. The van der Waals surface area contributed by atoms with E-state index in [1.54, 1.807) is 17.9 Å². The van der Waals surface area contributed by atoms with Crippen LogP contribution in [0.1, 0.15) is 53.6 Å². The van der Waals surface area contributed by atoms with Gasteiger partial charge >= 0.3 is 10.2 Å². The molecular weight excluding hydrogens is 452 g/mol. The summed E-state index contributed by atoms with van der Waals surface area (Å²) in [6.07, 6.45) is 8.82. The summed E-state index contributed by atoms with van der Waals surface area (Å²) < 4.78 is 33.9. The van der Waals surface area contributed by atoms with Crippen LogP contribution in [0.2, 0.25) is 0 Å². The van der Waals surface area contributed by atoms with E-state index in [9.17, 15) is 13.5 Å². The number of anilines is 2. The first kappa shape index (κ1) is 23.2. The summed E-state index contributed by atoms with van der Waals surface area (Å²) in [6.45, 7) is 3.39. The Kier molecular flexibility index (Phi) is 6.05. The summed E-state index contributed by atoms with van der Waals surface area (Å²) in [5.74, 6) is 0. The number of amidine groups is 1. The highest BCUT2D eigenvalue weighted by atomic mass is 32.2. The Labute approximate surface area is 201 Å². The summed E-state index contributed by atoms with van der Waals surface area (Å²) in [7, 11) is -0.472. The van der Waals surface area contributed by atoms with Crippen LogP contribution in [-0.2, 0) is 42.9 Å². The Balaban J connectivity index is 1.49. The molecule has 1 N–H and O–H groups in total. The third-order valence-corrected chi connectivity index (χ3v) is 9.01. The molecule has 0 radical (unpaired) electrons. The van der Waals surface area contributed by atoms with Gasteiger partial charge in [0.15, 0.2) is 0 Å². The van der Waals surface area contributed by atoms with Crippen molar-refractivity contribution in [1.29, 1.82) is 0 Å². The van der Waals surface area contributed by atoms with Crippen molar-refractivity contribution in [2.24, 2.45) is 11.4 Å². The number of aryl methyl sites for hydroxylation is 3. The number of piperidine rings is 1. The average Bonchev–Trinajstić information content (AvgIpc) is 3.51. The van der Waals surface area contributed by atoms with Crippen LogP contribution >= 0.6 is 0 Å². The maximum Gasteiger partial charge on any atom is 0.345 e. The van der Waals surface area contributed by atoms with E-state index >= 15 is 0 Å². The van der Waals surface area contributed by atoms with Crippen LogP contribution in [0, 0.1) is 6.92 Å². The number of aromatic nitrogens is 2. The highest BCUT2D eigenvalue weighted by molar-refractivity contribution is 7.91. The van der Waals surface area contributed by atoms with Crippen LogP contribution in [0.25, 0.3) is 0 Å². The number of fused-ring (bicyclic) bond motifs is 2. The van der Waals surface area contributed by atoms with E-state index in [1.807, 2.05) is 14.0 Å². The van der Waals surface area contributed by atoms with Crippen molar-refractivity contribution in [2.75, 3.05) is 29.8 Å². The summed E-state index contributed by atoms with van der Waals surface area (Å²) in [6, 6.07) is 1.18. The van der Waals surface area contributed by atoms with Crippen molar-refractivity contribution in [2.45, 2.75) is 64.3 Å². The second-order valence-corrected chi connectivity index (χ2v) is 11.3. The topological polar surface area (TPSA) is 106 Å². The normalized spacial score (nSPS) is 19.3. The van der Waals surface area contributed by atoms with Gasteiger partial charge in [-0.05, 0) is 101 Å². The van der Waals surface area contributed by atoms with Crippen molar-refractivity contribution in [3.05, 3.63) is 40.2 Å². The highest BCUT2D eigenvalue weighted by Crippen LogP contribution is 2.38. The van der Waals surface area contributed by atoms with Gasteiger partial charge in [-0.15, -0.1) is 4.40 Å². The lowest BCUT2D eigenvalue weighted by atomic mass is 9.99. The van der Waals surface area contributed by atoms with Crippen molar-refractivity contribution in [3.8, 4) is 0 Å². The molecule has 0 bridgehead atoms. The first-order valence-electron chi connectivity index (χ1n) is 12.2. The van der Waals surface area contributed by atoms with Crippen molar-refractivity contribution in [3.63, 3.8) is 0 Å². The summed E-state index contributed by atoms with van der Waals surface area (Å²) in [5.41, 5.74) is 6.85. The first-order chi connectivity index (χ1) is 16.2. The Morgan fingerprint density at radius 2 is 1.74 bits per heavy atom. The quantitative estimate of drug-likeness (QED) is 0.510. The van der Waals surface area contributed by atoms with E-state index in [0.29, 0.717) is 18.5 Å². The molecule has 0 amide bonds. The smallest absolute Gasteiger partial charge is 0.345 e. The minimum atomic E-state index is -4.27. The van der Waals surface area contributed by atoms with Crippen molar-refractivity contribution >= 4 is 27.6 Å². The fraction of sp³-hybridized carbons (Fsp3) is 0.583. The number of likely N-dealkylation sites (tertiary alicyclic amines) is 1. The van der Waals surface area contributed by atoms with Crippen molar-refractivity contribution in [1.82, 2.24) is 14.7 Å². The van der Waals surface area contributed by atoms with Gasteiger partial charge in [0.2, 0.25) is 0 Å². The maximum atomic E-state index is 13.6. The molecule has 2 aromatic rings. The van der Waals surface area contributed by atoms with Crippen LogP contribution in [0.5, 0.6) is 0 Å². The fourth-order valence-electron chi connectivity index (χ4n) is 5.69. The number of nitrogens with zero attached hydrogens (tertiary/aromatic N) is 5. The molecule has 2 aliphatic carbocycles. The zero-order valence-corrected chi connectivity index (χ0v) is 21.0.